The Kier molecular flexibility index (Phi) is 9.79. The minimum Gasteiger partial charge on any atom is -0.368 e. The van der Waals surface area contributed by atoms with Crippen LogP contribution in [0.2, 0.25) is 0 Å². The Morgan fingerprint density at radius 1 is 1.08 bits per heavy atom. The van der Waals surface area contributed by atoms with Crippen molar-refractivity contribution >= 4 is 41.2 Å². The number of carbonyl (C=O) groups is 4. The number of hydrogen-bond acceptors (Lipinski definition) is 5. The lowest BCUT2D eigenvalue weighted by molar-refractivity contribution is -0.140. The lowest BCUT2D eigenvalue weighted by atomic mass is 9.91. The number of benzene rings is 2. The van der Waals surface area contributed by atoms with Gasteiger partial charge in [0.1, 0.15) is 12.1 Å². The number of rotatable bonds is 9. The normalized spacial score (nSPS) is 17.9. The molecule has 0 aromatic heterocycles. The van der Waals surface area contributed by atoms with Gasteiger partial charge in [-0.05, 0) is 41.9 Å². The molecule has 2 aromatic carbocycles. The highest BCUT2D eigenvalue weighted by molar-refractivity contribution is 7.98. The Labute approximate surface area is 228 Å². The van der Waals surface area contributed by atoms with Crippen molar-refractivity contribution in [1.82, 2.24) is 15.5 Å². The summed E-state index contributed by atoms with van der Waals surface area (Å²) in [5, 5.41) is 8.45. The minimum atomic E-state index is -0.927. The zero-order valence-electron chi connectivity index (χ0n) is 22.3. The van der Waals surface area contributed by atoms with Crippen LogP contribution in [0.25, 0.3) is 0 Å². The van der Waals surface area contributed by atoms with Gasteiger partial charge in [0, 0.05) is 30.0 Å². The van der Waals surface area contributed by atoms with Gasteiger partial charge in [-0.3, -0.25) is 14.4 Å². The third-order valence-electron chi connectivity index (χ3n) is 6.21. The molecule has 1 saturated heterocycles. The molecule has 0 spiro atoms. The largest absolute Gasteiger partial charge is 0.368 e. The van der Waals surface area contributed by atoms with Crippen molar-refractivity contribution in [3.05, 3.63) is 60.2 Å². The second-order valence-electron chi connectivity index (χ2n) is 10.7. The second-order valence-corrected chi connectivity index (χ2v) is 11.6. The molecular formula is C28H37N5O4S. The number of anilines is 1. The molecule has 38 heavy (non-hydrogen) atoms. The van der Waals surface area contributed by atoms with E-state index in [1.807, 2.05) is 75.6 Å². The van der Waals surface area contributed by atoms with Crippen LogP contribution in [0.4, 0.5) is 10.5 Å². The second kappa shape index (κ2) is 12.8. The van der Waals surface area contributed by atoms with E-state index in [9.17, 15) is 19.2 Å². The van der Waals surface area contributed by atoms with E-state index in [1.54, 1.807) is 17.8 Å². The van der Waals surface area contributed by atoms with Gasteiger partial charge in [-0.25, -0.2) is 4.79 Å². The first kappa shape index (κ1) is 29.0. The van der Waals surface area contributed by atoms with Crippen LogP contribution in [-0.2, 0) is 20.8 Å². The lowest BCUT2D eigenvalue weighted by Crippen LogP contribution is -2.53. The summed E-state index contributed by atoms with van der Waals surface area (Å²) in [7, 11) is 0. The number of likely N-dealkylation sites (tertiary alicyclic amines) is 1. The highest BCUT2D eigenvalue weighted by Crippen LogP contribution is 2.26. The number of nitrogens with two attached hydrogens (primary N) is 1. The summed E-state index contributed by atoms with van der Waals surface area (Å²) in [6, 6.07) is 14.1. The number of nitrogens with one attached hydrogen (secondary N) is 3. The van der Waals surface area contributed by atoms with Gasteiger partial charge in [0.15, 0.2) is 0 Å². The van der Waals surface area contributed by atoms with Gasteiger partial charge in [-0.2, -0.15) is 0 Å². The van der Waals surface area contributed by atoms with E-state index in [0.29, 0.717) is 5.69 Å². The van der Waals surface area contributed by atoms with Crippen molar-refractivity contribution in [3.63, 3.8) is 0 Å². The Hall–Kier alpha value is -3.53. The maximum absolute atomic E-state index is 13.4. The van der Waals surface area contributed by atoms with Crippen molar-refractivity contribution in [2.75, 3.05) is 18.1 Å². The molecule has 2 aromatic rings. The van der Waals surface area contributed by atoms with Crippen LogP contribution in [0.15, 0.2) is 59.5 Å². The Morgan fingerprint density at radius 2 is 1.79 bits per heavy atom. The van der Waals surface area contributed by atoms with Crippen molar-refractivity contribution < 1.29 is 19.2 Å². The summed E-state index contributed by atoms with van der Waals surface area (Å²) in [5.74, 6) is -1.31. The van der Waals surface area contributed by atoms with Crippen LogP contribution in [0.3, 0.4) is 0 Å². The van der Waals surface area contributed by atoms with E-state index in [2.05, 4.69) is 16.0 Å². The summed E-state index contributed by atoms with van der Waals surface area (Å²) in [6.45, 7) is 6.03. The molecule has 0 radical (unpaired) electrons. The fourth-order valence-corrected chi connectivity index (χ4v) is 4.87. The van der Waals surface area contributed by atoms with Crippen molar-refractivity contribution in [3.8, 4) is 0 Å². The van der Waals surface area contributed by atoms with E-state index in [1.165, 1.54) is 4.90 Å². The lowest BCUT2D eigenvalue weighted by Gasteiger charge is -2.28. The summed E-state index contributed by atoms with van der Waals surface area (Å²) >= 11 is 1.57. The number of thioether (sulfide) groups is 1. The fraction of sp³-hybridized carbons (Fsp3) is 0.429. The Morgan fingerprint density at radius 3 is 2.42 bits per heavy atom. The number of primary amides is 1. The average Bonchev–Trinajstić information content (AvgIpc) is 3.27. The molecule has 1 heterocycles. The fourth-order valence-electron chi connectivity index (χ4n) is 4.41. The first-order valence-electron chi connectivity index (χ1n) is 12.6. The molecule has 0 unspecified atom stereocenters. The minimum absolute atomic E-state index is 0.186. The van der Waals surface area contributed by atoms with Gasteiger partial charge in [-0.1, -0.05) is 57.2 Å². The maximum atomic E-state index is 13.4. The Balaban J connectivity index is 1.72. The third kappa shape index (κ3) is 8.51. The van der Waals surface area contributed by atoms with Gasteiger partial charge in [0.2, 0.25) is 17.7 Å². The molecule has 5 N–H and O–H groups in total. The molecular weight excluding hydrogens is 502 g/mol. The quantitative estimate of drug-likeness (QED) is 0.363. The van der Waals surface area contributed by atoms with E-state index in [0.717, 1.165) is 10.5 Å². The van der Waals surface area contributed by atoms with E-state index >= 15 is 0 Å². The highest BCUT2D eigenvalue weighted by Gasteiger charge is 2.41. The van der Waals surface area contributed by atoms with Gasteiger partial charge < -0.3 is 26.6 Å². The maximum Gasteiger partial charge on any atom is 0.319 e. The van der Waals surface area contributed by atoms with Gasteiger partial charge in [-0.15, -0.1) is 11.8 Å². The molecule has 1 aliphatic heterocycles. The molecule has 1 fully saturated rings. The number of nitrogens with zero attached hydrogens (tertiary/aromatic N) is 1. The number of amides is 5. The Bertz CT molecular complexity index is 1150. The monoisotopic (exact) mass is 539 g/mol. The number of urea groups is 1. The van der Waals surface area contributed by atoms with Crippen molar-refractivity contribution in [2.24, 2.45) is 11.1 Å². The molecule has 9 nitrogen and oxygen atoms in total. The standard InChI is InChI=1S/C28H37N5O4S/c1-28(2,3)16-24(34)33-17-20(31-27(37)30-19-11-8-12-21(14-19)38-4)15-23(33)26(36)32-22(25(29)35)13-18-9-6-5-7-10-18/h5-12,14,20,22-23H,13,15-17H2,1-4H3,(H2,29,35)(H,32,36)(H2,30,31,37)/t20-,22+,23-/m0/s1. The topological polar surface area (TPSA) is 134 Å². The molecule has 204 valence electrons. The van der Waals surface area contributed by atoms with Crippen LogP contribution in [0.5, 0.6) is 0 Å². The van der Waals surface area contributed by atoms with Crippen LogP contribution < -0.4 is 21.7 Å². The molecule has 0 saturated carbocycles. The summed E-state index contributed by atoms with van der Waals surface area (Å²) in [5.41, 5.74) is 6.81. The molecule has 5 amide bonds. The molecule has 3 atom stereocenters. The molecule has 0 bridgehead atoms. The number of hydrogen-bond donors (Lipinski definition) is 4. The SMILES string of the molecule is CSc1cccc(NC(=O)N[C@H]2C[C@@H](C(=O)N[C@H](Cc3ccccc3)C(N)=O)N(C(=O)CC(C)(C)C)C2)c1. The highest BCUT2D eigenvalue weighted by atomic mass is 32.2. The summed E-state index contributed by atoms with van der Waals surface area (Å²) in [6.07, 6.45) is 2.65. The average molecular weight is 540 g/mol. The number of carbonyl (C=O) groups excluding carboxylic acids is 4. The van der Waals surface area contributed by atoms with Gasteiger partial charge in [0.25, 0.3) is 0 Å². The van der Waals surface area contributed by atoms with Gasteiger partial charge in [0.05, 0.1) is 6.04 Å². The van der Waals surface area contributed by atoms with Crippen LogP contribution in [-0.4, -0.2) is 59.6 Å². The third-order valence-corrected chi connectivity index (χ3v) is 6.94. The molecule has 10 heteroatoms. The van der Waals surface area contributed by atoms with Crippen LogP contribution >= 0.6 is 11.8 Å². The zero-order chi connectivity index (χ0) is 27.9. The zero-order valence-corrected chi connectivity index (χ0v) is 23.1. The predicted octanol–water partition coefficient (Wildman–Crippen LogP) is 3.15. The first-order chi connectivity index (χ1) is 17.9. The van der Waals surface area contributed by atoms with Crippen LogP contribution in [0, 0.1) is 5.41 Å². The predicted molar refractivity (Wildman–Crippen MR) is 150 cm³/mol. The molecule has 3 rings (SSSR count). The van der Waals surface area contributed by atoms with Crippen molar-refractivity contribution in [1.29, 1.82) is 0 Å². The van der Waals surface area contributed by atoms with E-state index in [4.69, 9.17) is 5.73 Å². The smallest absolute Gasteiger partial charge is 0.319 e. The van der Waals surface area contributed by atoms with E-state index < -0.39 is 36.0 Å². The molecule has 0 aliphatic carbocycles. The summed E-state index contributed by atoms with van der Waals surface area (Å²) < 4.78 is 0. The van der Waals surface area contributed by atoms with Crippen LogP contribution in [0.1, 0.15) is 39.2 Å². The van der Waals surface area contributed by atoms with Crippen molar-refractivity contribution in [2.45, 2.75) is 63.1 Å². The first-order valence-corrected chi connectivity index (χ1v) is 13.8. The van der Waals surface area contributed by atoms with Gasteiger partial charge >= 0.3 is 6.03 Å². The summed E-state index contributed by atoms with van der Waals surface area (Å²) in [4.78, 5) is 54.0. The molecule has 1 aliphatic rings. The van der Waals surface area contributed by atoms with E-state index in [-0.39, 0.29) is 37.1 Å².